The van der Waals surface area contributed by atoms with E-state index in [0.717, 1.165) is 29.8 Å². The Morgan fingerprint density at radius 2 is 2.17 bits per heavy atom. The van der Waals surface area contributed by atoms with Gasteiger partial charge in [-0.3, -0.25) is 4.68 Å². The van der Waals surface area contributed by atoms with Crippen LogP contribution in [0.2, 0.25) is 0 Å². The van der Waals surface area contributed by atoms with Gasteiger partial charge in [-0.25, -0.2) is 0 Å². The van der Waals surface area contributed by atoms with Crippen molar-refractivity contribution in [1.29, 1.82) is 0 Å². The minimum Gasteiger partial charge on any atom is -0.496 e. The van der Waals surface area contributed by atoms with Crippen molar-refractivity contribution < 1.29 is 4.74 Å². The van der Waals surface area contributed by atoms with Crippen molar-refractivity contribution in [2.24, 2.45) is 5.73 Å². The minimum atomic E-state index is -0.0735. The lowest BCUT2D eigenvalue weighted by Gasteiger charge is -2.14. The van der Waals surface area contributed by atoms with Crippen LogP contribution in [-0.4, -0.2) is 16.9 Å². The molecular formula is C14H19N3O. The van der Waals surface area contributed by atoms with Gasteiger partial charge in [0.25, 0.3) is 0 Å². The summed E-state index contributed by atoms with van der Waals surface area (Å²) < 4.78 is 7.24. The van der Waals surface area contributed by atoms with Crippen molar-refractivity contribution in [2.75, 3.05) is 7.11 Å². The molecule has 0 amide bonds. The number of hydrogen-bond donors (Lipinski definition) is 1. The fraction of sp³-hybridized carbons (Fsp3) is 0.357. The van der Waals surface area contributed by atoms with Crippen molar-refractivity contribution in [3.8, 4) is 5.75 Å². The van der Waals surface area contributed by atoms with Crippen LogP contribution in [0.1, 0.15) is 24.1 Å². The molecule has 0 fully saturated rings. The number of para-hydroxylation sites is 1. The summed E-state index contributed by atoms with van der Waals surface area (Å²) in [6.45, 7) is 2.95. The summed E-state index contributed by atoms with van der Waals surface area (Å²) in [5.41, 5.74) is 8.42. The standard InChI is InChI=1S/C14H19N3O/c1-3-17-10-11(9-16-17)8-13(15)12-6-4-5-7-14(12)18-2/h4-7,9-10,13H,3,8,15H2,1-2H3. The van der Waals surface area contributed by atoms with Crippen LogP contribution in [-0.2, 0) is 13.0 Å². The fourth-order valence-electron chi connectivity index (χ4n) is 2.02. The SMILES string of the molecule is CCn1cc(CC(N)c2ccccc2OC)cn1. The average molecular weight is 245 g/mol. The van der Waals surface area contributed by atoms with Crippen LogP contribution in [0.4, 0.5) is 0 Å². The highest BCUT2D eigenvalue weighted by Crippen LogP contribution is 2.25. The summed E-state index contributed by atoms with van der Waals surface area (Å²) in [5, 5.41) is 4.25. The largest absolute Gasteiger partial charge is 0.496 e. The van der Waals surface area contributed by atoms with Gasteiger partial charge in [0.05, 0.1) is 13.3 Å². The van der Waals surface area contributed by atoms with E-state index in [0.29, 0.717) is 0 Å². The van der Waals surface area contributed by atoms with Crippen molar-refractivity contribution in [1.82, 2.24) is 9.78 Å². The number of methoxy groups -OCH3 is 1. The lowest BCUT2D eigenvalue weighted by Crippen LogP contribution is -2.14. The molecule has 0 radical (unpaired) electrons. The van der Waals surface area contributed by atoms with Crippen LogP contribution in [0.25, 0.3) is 0 Å². The Morgan fingerprint density at radius 3 is 2.83 bits per heavy atom. The highest BCUT2D eigenvalue weighted by Gasteiger charge is 2.12. The summed E-state index contributed by atoms with van der Waals surface area (Å²) in [6.07, 6.45) is 4.68. The van der Waals surface area contributed by atoms with Crippen molar-refractivity contribution >= 4 is 0 Å². The molecule has 0 saturated carbocycles. The van der Waals surface area contributed by atoms with Gasteiger partial charge in [-0.05, 0) is 25.0 Å². The summed E-state index contributed by atoms with van der Waals surface area (Å²) in [6, 6.07) is 7.80. The summed E-state index contributed by atoms with van der Waals surface area (Å²) >= 11 is 0. The Labute approximate surface area is 107 Å². The van der Waals surface area contributed by atoms with Gasteiger partial charge in [0.2, 0.25) is 0 Å². The number of nitrogens with two attached hydrogens (primary N) is 1. The third-order valence-corrected chi connectivity index (χ3v) is 3.00. The average Bonchev–Trinajstić information content (AvgIpc) is 2.86. The molecule has 0 bridgehead atoms. The van der Waals surface area contributed by atoms with Gasteiger partial charge >= 0.3 is 0 Å². The van der Waals surface area contributed by atoms with Crippen molar-refractivity contribution in [3.05, 3.63) is 47.8 Å². The third-order valence-electron chi connectivity index (χ3n) is 3.00. The molecule has 2 N–H and O–H groups in total. The summed E-state index contributed by atoms with van der Waals surface area (Å²) in [4.78, 5) is 0. The molecule has 0 spiro atoms. The van der Waals surface area contributed by atoms with Gasteiger partial charge < -0.3 is 10.5 Å². The number of aryl methyl sites for hydroxylation is 1. The first-order valence-corrected chi connectivity index (χ1v) is 6.14. The zero-order valence-corrected chi connectivity index (χ0v) is 10.8. The predicted molar refractivity (Wildman–Crippen MR) is 71.5 cm³/mol. The second kappa shape index (κ2) is 5.69. The lowest BCUT2D eigenvalue weighted by molar-refractivity contribution is 0.405. The fourth-order valence-corrected chi connectivity index (χ4v) is 2.02. The highest BCUT2D eigenvalue weighted by atomic mass is 16.5. The zero-order chi connectivity index (χ0) is 13.0. The van der Waals surface area contributed by atoms with E-state index in [4.69, 9.17) is 10.5 Å². The molecule has 4 heteroatoms. The Kier molecular flexibility index (Phi) is 3.99. The molecule has 0 saturated heterocycles. The minimum absolute atomic E-state index is 0.0735. The second-order valence-electron chi connectivity index (χ2n) is 4.26. The van der Waals surface area contributed by atoms with Gasteiger partial charge in [-0.2, -0.15) is 5.10 Å². The van der Waals surface area contributed by atoms with E-state index in [-0.39, 0.29) is 6.04 Å². The Hall–Kier alpha value is -1.81. The van der Waals surface area contributed by atoms with Crippen LogP contribution in [0.5, 0.6) is 5.75 Å². The van der Waals surface area contributed by atoms with Crippen LogP contribution in [0.15, 0.2) is 36.7 Å². The van der Waals surface area contributed by atoms with E-state index in [9.17, 15) is 0 Å². The van der Waals surface area contributed by atoms with Crippen molar-refractivity contribution in [2.45, 2.75) is 25.9 Å². The Balaban J connectivity index is 2.13. The smallest absolute Gasteiger partial charge is 0.123 e. The van der Waals surface area contributed by atoms with Gasteiger partial charge in [-0.15, -0.1) is 0 Å². The van der Waals surface area contributed by atoms with Crippen LogP contribution in [0.3, 0.4) is 0 Å². The second-order valence-corrected chi connectivity index (χ2v) is 4.26. The molecule has 1 atom stereocenters. The van der Waals surface area contributed by atoms with E-state index < -0.39 is 0 Å². The predicted octanol–water partition coefficient (Wildman–Crippen LogP) is 2.15. The van der Waals surface area contributed by atoms with E-state index in [1.807, 2.05) is 41.3 Å². The van der Waals surface area contributed by atoms with E-state index in [2.05, 4.69) is 12.0 Å². The van der Waals surface area contributed by atoms with Gasteiger partial charge in [0, 0.05) is 24.3 Å². The summed E-state index contributed by atoms with van der Waals surface area (Å²) in [5.74, 6) is 0.841. The van der Waals surface area contributed by atoms with Gasteiger partial charge in [-0.1, -0.05) is 18.2 Å². The quantitative estimate of drug-likeness (QED) is 0.878. The van der Waals surface area contributed by atoms with Crippen LogP contribution in [0, 0.1) is 0 Å². The van der Waals surface area contributed by atoms with Crippen LogP contribution >= 0.6 is 0 Å². The van der Waals surface area contributed by atoms with Crippen LogP contribution < -0.4 is 10.5 Å². The molecule has 2 aromatic rings. The molecule has 0 aliphatic rings. The first-order valence-electron chi connectivity index (χ1n) is 6.14. The first-order chi connectivity index (χ1) is 8.74. The van der Waals surface area contributed by atoms with E-state index in [1.165, 1.54) is 0 Å². The lowest BCUT2D eigenvalue weighted by atomic mass is 10.0. The molecular weight excluding hydrogens is 226 g/mol. The number of ether oxygens (including phenoxy) is 1. The number of rotatable bonds is 5. The number of benzene rings is 1. The molecule has 0 aliphatic heterocycles. The Morgan fingerprint density at radius 1 is 1.39 bits per heavy atom. The van der Waals surface area contributed by atoms with Crippen molar-refractivity contribution in [3.63, 3.8) is 0 Å². The van der Waals surface area contributed by atoms with E-state index in [1.54, 1.807) is 7.11 Å². The molecule has 4 nitrogen and oxygen atoms in total. The molecule has 2 rings (SSSR count). The van der Waals surface area contributed by atoms with Gasteiger partial charge in [0.1, 0.15) is 5.75 Å². The molecule has 0 aliphatic carbocycles. The number of nitrogens with zero attached hydrogens (tertiary/aromatic N) is 2. The first kappa shape index (κ1) is 12.6. The van der Waals surface area contributed by atoms with Gasteiger partial charge in [0.15, 0.2) is 0 Å². The molecule has 18 heavy (non-hydrogen) atoms. The molecule has 1 aromatic carbocycles. The highest BCUT2D eigenvalue weighted by molar-refractivity contribution is 5.36. The molecule has 1 unspecified atom stereocenters. The monoisotopic (exact) mass is 245 g/mol. The molecule has 1 aromatic heterocycles. The van der Waals surface area contributed by atoms with E-state index >= 15 is 0 Å². The maximum absolute atomic E-state index is 6.24. The molecule has 1 heterocycles. The topological polar surface area (TPSA) is 53.1 Å². The molecule has 96 valence electrons. The maximum Gasteiger partial charge on any atom is 0.123 e. The Bertz CT molecular complexity index is 507. The number of hydrogen-bond acceptors (Lipinski definition) is 3. The maximum atomic E-state index is 6.24. The third kappa shape index (κ3) is 2.71. The number of aromatic nitrogens is 2. The zero-order valence-electron chi connectivity index (χ0n) is 10.8. The summed E-state index contributed by atoms with van der Waals surface area (Å²) in [7, 11) is 1.67. The normalized spacial score (nSPS) is 12.4.